The fourth-order valence-corrected chi connectivity index (χ4v) is 6.13. The van der Waals surface area contributed by atoms with Gasteiger partial charge in [-0.25, -0.2) is 0 Å². The summed E-state index contributed by atoms with van der Waals surface area (Å²) in [5.41, 5.74) is 7.41. The summed E-state index contributed by atoms with van der Waals surface area (Å²) in [4.78, 5) is 0. The van der Waals surface area contributed by atoms with Crippen LogP contribution in [-0.2, 0) is 12.8 Å². The molecule has 3 unspecified atom stereocenters. The fourth-order valence-electron chi connectivity index (χ4n) is 5.92. The smallest absolute Gasteiger partial charge is 0.0405 e. The summed E-state index contributed by atoms with van der Waals surface area (Å²) in [6.45, 7) is 6.92. The van der Waals surface area contributed by atoms with Crippen LogP contribution in [-0.4, -0.2) is 0 Å². The van der Waals surface area contributed by atoms with Crippen LogP contribution in [0.4, 0.5) is 0 Å². The summed E-state index contributed by atoms with van der Waals surface area (Å²) in [5.74, 6) is 2.20. The molecule has 0 bridgehead atoms. The Balaban J connectivity index is 1.76. The number of hydrogen-bond acceptors (Lipinski definition) is 0. The maximum atomic E-state index is 6.64. The second-order valence-electron chi connectivity index (χ2n) is 9.96. The normalized spacial score (nSPS) is 28.5. The highest BCUT2D eigenvalue weighted by Gasteiger charge is 2.29. The maximum absolute atomic E-state index is 6.64. The first-order valence-electron chi connectivity index (χ1n) is 12.1. The third-order valence-corrected chi connectivity index (χ3v) is 7.80. The van der Waals surface area contributed by atoms with Gasteiger partial charge in [0.15, 0.2) is 0 Å². The molecule has 1 aromatic carbocycles. The lowest BCUT2D eigenvalue weighted by molar-refractivity contribution is 0.318. The monoisotopic (exact) mass is 420 g/mol. The molecule has 1 fully saturated rings. The van der Waals surface area contributed by atoms with Gasteiger partial charge in [-0.15, -0.1) is 0 Å². The number of benzene rings is 1. The second kappa shape index (κ2) is 10.2. The highest BCUT2D eigenvalue weighted by atomic mass is 35.5. The lowest BCUT2D eigenvalue weighted by Gasteiger charge is -2.30. The van der Waals surface area contributed by atoms with E-state index in [1.807, 2.05) is 0 Å². The van der Waals surface area contributed by atoms with Crippen molar-refractivity contribution in [1.29, 1.82) is 0 Å². The molecule has 30 heavy (non-hydrogen) atoms. The minimum Gasteiger partial charge on any atom is -0.0992 e. The highest BCUT2D eigenvalue weighted by molar-refractivity contribution is 6.31. The van der Waals surface area contributed by atoms with Crippen LogP contribution in [0.15, 0.2) is 70.8 Å². The molecule has 0 saturated heterocycles. The van der Waals surface area contributed by atoms with Gasteiger partial charge in [-0.05, 0) is 85.1 Å². The van der Waals surface area contributed by atoms with Crippen molar-refractivity contribution in [3.05, 3.63) is 82.0 Å². The van der Waals surface area contributed by atoms with Crippen molar-refractivity contribution in [3.8, 4) is 0 Å². The van der Waals surface area contributed by atoms with Crippen molar-refractivity contribution in [2.75, 3.05) is 0 Å². The van der Waals surface area contributed by atoms with E-state index in [0.29, 0.717) is 5.92 Å². The van der Waals surface area contributed by atoms with E-state index < -0.39 is 0 Å². The van der Waals surface area contributed by atoms with E-state index in [0.717, 1.165) is 42.6 Å². The third-order valence-electron chi connectivity index (χ3n) is 7.57. The minimum atomic E-state index is 0.564. The summed E-state index contributed by atoms with van der Waals surface area (Å²) in [6, 6.07) is 9.09. The Kier molecular flexibility index (Phi) is 7.37. The highest BCUT2D eigenvalue weighted by Crippen LogP contribution is 2.41. The molecule has 160 valence electrons. The van der Waals surface area contributed by atoms with Crippen molar-refractivity contribution >= 4 is 11.6 Å². The molecular formula is C29H37Cl. The predicted octanol–water partition coefficient (Wildman–Crippen LogP) is 8.72. The number of fused-ring (bicyclic) bond motifs is 1. The van der Waals surface area contributed by atoms with Crippen LogP contribution in [0, 0.1) is 17.8 Å². The average Bonchev–Trinajstić information content (AvgIpc) is 2.79. The molecule has 1 heteroatoms. The molecule has 0 nitrogen and oxygen atoms in total. The molecule has 1 saturated carbocycles. The van der Waals surface area contributed by atoms with Gasteiger partial charge >= 0.3 is 0 Å². The lowest BCUT2D eigenvalue weighted by atomic mass is 9.74. The van der Waals surface area contributed by atoms with Gasteiger partial charge in [0.25, 0.3) is 0 Å². The van der Waals surface area contributed by atoms with Gasteiger partial charge in [0.05, 0.1) is 0 Å². The number of allylic oxidation sites excluding steroid dienone is 7. The quantitative estimate of drug-likeness (QED) is 0.398. The largest absolute Gasteiger partial charge is 0.0992 e. The Labute approximate surface area is 188 Å². The van der Waals surface area contributed by atoms with E-state index in [2.05, 4.69) is 56.0 Å². The van der Waals surface area contributed by atoms with Crippen molar-refractivity contribution in [2.24, 2.45) is 17.8 Å². The van der Waals surface area contributed by atoms with Crippen LogP contribution >= 0.6 is 11.6 Å². The van der Waals surface area contributed by atoms with E-state index in [-0.39, 0.29) is 0 Å². The van der Waals surface area contributed by atoms with Gasteiger partial charge < -0.3 is 0 Å². The summed E-state index contributed by atoms with van der Waals surface area (Å²) in [6.07, 6.45) is 20.5. The molecule has 0 aromatic heterocycles. The van der Waals surface area contributed by atoms with Gasteiger partial charge in [-0.2, -0.15) is 0 Å². The average molecular weight is 421 g/mol. The zero-order valence-corrected chi connectivity index (χ0v) is 19.4. The van der Waals surface area contributed by atoms with Crippen LogP contribution in [0.25, 0.3) is 0 Å². The van der Waals surface area contributed by atoms with E-state index in [1.54, 1.807) is 5.57 Å². The van der Waals surface area contributed by atoms with E-state index in [9.17, 15) is 0 Å². The predicted molar refractivity (Wildman–Crippen MR) is 131 cm³/mol. The summed E-state index contributed by atoms with van der Waals surface area (Å²) >= 11 is 6.64. The van der Waals surface area contributed by atoms with Gasteiger partial charge in [0.2, 0.25) is 0 Å². The topological polar surface area (TPSA) is 0 Å². The Hall–Kier alpha value is -1.53. The number of halogens is 1. The van der Waals surface area contributed by atoms with Gasteiger partial charge in [0.1, 0.15) is 0 Å². The van der Waals surface area contributed by atoms with Crippen LogP contribution in [0.5, 0.6) is 0 Å². The molecule has 3 atom stereocenters. The van der Waals surface area contributed by atoms with Crippen LogP contribution in [0.2, 0.25) is 0 Å². The molecule has 3 aliphatic carbocycles. The Morgan fingerprint density at radius 2 is 1.67 bits per heavy atom. The Bertz CT molecular complexity index is 853. The molecule has 1 aromatic rings. The molecule has 0 spiro atoms. The summed E-state index contributed by atoms with van der Waals surface area (Å²) in [5, 5.41) is 0.889. The van der Waals surface area contributed by atoms with Gasteiger partial charge in [-0.1, -0.05) is 98.7 Å². The third kappa shape index (κ3) is 5.38. The van der Waals surface area contributed by atoms with E-state index in [4.69, 9.17) is 11.6 Å². The Morgan fingerprint density at radius 1 is 0.933 bits per heavy atom. The first kappa shape index (κ1) is 21.7. The van der Waals surface area contributed by atoms with Crippen molar-refractivity contribution in [2.45, 2.75) is 77.6 Å². The number of rotatable bonds is 1. The number of hydrogen-bond donors (Lipinski definition) is 0. The first-order valence-corrected chi connectivity index (χ1v) is 12.5. The van der Waals surface area contributed by atoms with Crippen molar-refractivity contribution < 1.29 is 0 Å². The molecule has 0 amide bonds. The SMILES string of the molecule is C=C1CC2=C(C=C(Cl)C=CC2)C(C2CCCCC(C)CCC2)Cc2ccccc2C1. The van der Waals surface area contributed by atoms with Crippen molar-refractivity contribution in [3.63, 3.8) is 0 Å². The lowest BCUT2D eigenvalue weighted by Crippen LogP contribution is -2.21. The zero-order chi connectivity index (χ0) is 20.9. The van der Waals surface area contributed by atoms with Crippen LogP contribution in [0.1, 0.15) is 75.8 Å². The fraction of sp³-hybridized carbons (Fsp3) is 0.517. The summed E-state index contributed by atoms with van der Waals surface area (Å²) < 4.78 is 0. The van der Waals surface area contributed by atoms with Crippen LogP contribution < -0.4 is 0 Å². The van der Waals surface area contributed by atoms with Crippen molar-refractivity contribution in [1.82, 2.24) is 0 Å². The van der Waals surface area contributed by atoms with E-state index >= 15 is 0 Å². The minimum absolute atomic E-state index is 0.564. The van der Waals surface area contributed by atoms with Gasteiger partial charge in [0, 0.05) is 5.03 Å². The first-order chi connectivity index (χ1) is 14.6. The van der Waals surface area contributed by atoms with Gasteiger partial charge in [-0.3, -0.25) is 0 Å². The molecule has 0 radical (unpaired) electrons. The zero-order valence-electron chi connectivity index (χ0n) is 18.6. The van der Waals surface area contributed by atoms with E-state index in [1.165, 1.54) is 67.2 Å². The molecule has 4 rings (SSSR count). The molecule has 0 aliphatic heterocycles. The molecule has 0 N–H and O–H groups in total. The molecule has 0 heterocycles. The summed E-state index contributed by atoms with van der Waals surface area (Å²) in [7, 11) is 0. The van der Waals surface area contributed by atoms with Crippen LogP contribution in [0.3, 0.4) is 0 Å². The standard InChI is InChI=1S/C29H37Cl/c1-21-9-3-4-11-23(14-7-10-21)28-19-25-13-6-5-12-24(25)17-22(2)18-26-15-8-16-27(30)20-29(26)28/h5-6,8,12-13,16,20-21,23,28H,2-4,7,9-11,14-15,17-19H2,1H3. The Morgan fingerprint density at radius 3 is 2.53 bits per heavy atom. The molecule has 3 aliphatic rings. The molecular weight excluding hydrogens is 384 g/mol. The maximum Gasteiger partial charge on any atom is 0.0405 e. The second-order valence-corrected chi connectivity index (χ2v) is 10.4.